The predicted molar refractivity (Wildman–Crippen MR) is 75.6 cm³/mol. The van der Waals surface area contributed by atoms with Crippen molar-refractivity contribution in [1.29, 1.82) is 0 Å². The van der Waals surface area contributed by atoms with Crippen LogP contribution >= 0.6 is 0 Å². The van der Waals surface area contributed by atoms with E-state index < -0.39 is 0 Å². The van der Waals surface area contributed by atoms with Gasteiger partial charge in [-0.3, -0.25) is 4.98 Å². The van der Waals surface area contributed by atoms with Crippen molar-refractivity contribution in [2.75, 3.05) is 12.4 Å². The van der Waals surface area contributed by atoms with Gasteiger partial charge in [0.25, 0.3) is 0 Å². The highest BCUT2D eigenvalue weighted by Crippen LogP contribution is 2.19. The van der Waals surface area contributed by atoms with E-state index in [1.54, 1.807) is 30.7 Å². The van der Waals surface area contributed by atoms with E-state index >= 15 is 0 Å². The zero-order valence-electron chi connectivity index (χ0n) is 11.4. The lowest BCUT2D eigenvalue weighted by atomic mass is 10.1. The van der Waals surface area contributed by atoms with Crippen LogP contribution in [-0.2, 0) is 6.54 Å². The van der Waals surface area contributed by atoms with E-state index in [2.05, 4.69) is 20.6 Å². The Balaban J connectivity index is 1.95. The molecule has 2 aromatic heterocycles. The number of nitrogens with one attached hydrogen (secondary N) is 2. The predicted octanol–water partition coefficient (Wildman–Crippen LogP) is 2.12. The molecule has 0 spiro atoms. The topological polar surface area (TPSA) is 76.1 Å². The van der Waals surface area contributed by atoms with Crippen LogP contribution in [0.4, 0.5) is 10.5 Å². The number of hydrogen-bond acceptors (Lipinski definition) is 4. The summed E-state index contributed by atoms with van der Waals surface area (Å²) in [5, 5.41) is 5.48. The lowest BCUT2D eigenvalue weighted by Crippen LogP contribution is -2.28. The van der Waals surface area contributed by atoms with E-state index in [0.717, 1.165) is 11.1 Å². The largest absolute Gasteiger partial charge is 0.480 e. The van der Waals surface area contributed by atoms with Crippen molar-refractivity contribution < 1.29 is 9.53 Å². The number of carbonyl (C=O) groups is 1. The molecule has 2 heterocycles. The van der Waals surface area contributed by atoms with Crippen LogP contribution in [-0.4, -0.2) is 23.1 Å². The molecule has 104 valence electrons. The molecule has 2 amide bonds. The van der Waals surface area contributed by atoms with Gasteiger partial charge in [0.05, 0.1) is 7.11 Å². The lowest BCUT2D eigenvalue weighted by Gasteiger charge is -2.10. The van der Waals surface area contributed by atoms with Gasteiger partial charge in [-0.1, -0.05) is 0 Å². The second-order valence-electron chi connectivity index (χ2n) is 4.17. The summed E-state index contributed by atoms with van der Waals surface area (Å²) >= 11 is 0. The van der Waals surface area contributed by atoms with E-state index in [9.17, 15) is 4.79 Å². The molecule has 0 aliphatic heterocycles. The van der Waals surface area contributed by atoms with E-state index in [1.165, 1.54) is 7.11 Å². The molecule has 0 saturated carbocycles. The summed E-state index contributed by atoms with van der Waals surface area (Å²) < 4.78 is 5.07. The Bertz CT molecular complexity index is 601. The molecule has 6 nitrogen and oxygen atoms in total. The zero-order valence-corrected chi connectivity index (χ0v) is 11.4. The standard InChI is InChI=1S/C14H16N4O2/c1-10-8-15-7-5-11(10)9-17-14(19)18-12-4-3-6-16-13(12)20-2/h3-8H,9H2,1-2H3,(H2,17,18,19). The molecule has 0 fully saturated rings. The van der Waals surface area contributed by atoms with E-state index in [4.69, 9.17) is 4.74 Å². The van der Waals surface area contributed by atoms with E-state index in [-0.39, 0.29) is 6.03 Å². The first kappa shape index (κ1) is 13.8. The number of rotatable bonds is 4. The maximum Gasteiger partial charge on any atom is 0.319 e. The average molecular weight is 272 g/mol. The summed E-state index contributed by atoms with van der Waals surface area (Å²) in [4.78, 5) is 19.9. The van der Waals surface area contributed by atoms with Crippen LogP contribution < -0.4 is 15.4 Å². The molecule has 20 heavy (non-hydrogen) atoms. The highest BCUT2D eigenvalue weighted by atomic mass is 16.5. The molecule has 0 aliphatic carbocycles. The molecule has 0 aromatic carbocycles. The van der Waals surface area contributed by atoms with Gasteiger partial charge in [0.1, 0.15) is 5.69 Å². The van der Waals surface area contributed by atoms with Gasteiger partial charge in [0.2, 0.25) is 5.88 Å². The summed E-state index contributed by atoms with van der Waals surface area (Å²) in [5.74, 6) is 0.378. The first-order valence-corrected chi connectivity index (χ1v) is 6.14. The van der Waals surface area contributed by atoms with Crippen LogP contribution in [0.1, 0.15) is 11.1 Å². The third-order valence-corrected chi connectivity index (χ3v) is 2.79. The second kappa shape index (κ2) is 6.51. The van der Waals surface area contributed by atoms with Gasteiger partial charge < -0.3 is 15.4 Å². The number of carbonyl (C=O) groups excluding carboxylic acids is 1. The third-order valence-electron chi connectivity index (χ3n) is 2.79. The molecule has 0 unspecified atom stereocenters. The first-order valence-electron chi connectivity index (χ1n) is 6.14. The fraction of sp³-hybridized carbons (Fsp3) is 0.214. The number of aromatic nitrogens is 2. The normalized spacial score (nSPS) is 9.90. The molecule has 6 heteroatoms. The van der Waals surface area contributed by atoms with E-state index in [1.807, 2.05) is 13.0 Å². The van der Waals surface area contributed by atoms with Crippen LogP contribution in [0.2, 0.25) is 0 Å². The minimum Gasteiger partial charge on any atom is -0.480 e. The number of amides is 2. The van der Waals surface area contributed by atoms with Crippen LogP contribution in [0.15, 0.2) is 36.8 Å². The van der Waals surface area contributed by atoms with Crippen molar-refractivity contribution in [1.82, 2.24) is 15.3 Å². The Morgan fingerprint density at radius 3 is 2.95 bits per heavy atom. The van der Waals surface area contributed by atoms with Crippen molar-refractivity contribution in [3.63, 3.8) is 0 Å². The summed E-state index contributed by atoms with van der Waals surface area (Å²) in [7, 11) is 1.51. The minimum absolute atomic E-state index is 0.312. The quantitative estimate of drug-likeness (QED) is 0.893. The average Bonchev–Trinajstić information content (AvgIpc) is 2.47. The van der Waals surface area contributed by atoms with Crippen molar-refractivity contribution in [3.8, 4) is 5.88 Å². The number of anilines is 1. The Morgan fingerprint density at radius 2 is 2.20 bits per heavy atom. The van der Waals surface area contributed by atoms with Crippen molar-refractivity contribution >= 4 is 11.7 Å². The Hall–Kier alpha value is -2.63. The van der Waals surface area contributed by atoms with Gasteiger partial charge in [0, 0.05) is 25.1 Å². The highest BCUT2D eigenvalue weighted by molar-refractivity contribution is 5.90. The number of methoxy groups -OCH3 is 1. The fourth-order valence-electron chi connectivity index (χ4n) is 1.69. The first-order chi connectivity index (χ1) is 9.70. The number of hydrogen-bond donors (Lipinski definition) is 2. The Morgan fingerprint density at radius 1 is 1.35 bits per heavy atom. The summed E-state index contributed by atoms with van der Waals surface area (Å²) in [5.41, 5.74) is 2.58. The number of ether oxygens (including phenoxy) is 1. The minimum atomic E-state index is -0.312. The number of nitrogens with zero attached hydrogens (tertiary/aromatic N) is 2. The van der Waals surface area contributed by atoms with Crippen molar-refractivity contribution in [3.05, 3.63) is 47.9 Å². The Kier molecular flexibility index (Phi) is 4.49. The molecule has 0 aliphatic rings. The SMILES string of the molecule is COc1ncccc1NC(=O)NCc1ccncc1C. The van der Waals surface area contributed by atoms with Crippen molar-refractivity contribution in [2.24, 2.45) is 0 Å². The zero-order chi connectivity index (χ0) is 14.4. The van der Waals surface area contributed by atoms with Gasteiger partial charge in [-0.05, 0) is 36.2 Å². The smallest absolute Gasteiger partial charge is 0.319 e. The van der Waals surface area contributed by atoms with Crippen LogP contribution in [0, 0.1) is 6.92 Å². The highest BCUT2D eigenvalue weighted by Gasteiger charge is 2.07. The molecule has 2 aromatic rings. The van der Waals surface area contributed by atoms with Gasteiger partial charge in [-0.2, -0.15) is 0 Å². The van der Waals surface area contributed by atoms with Crippen LogP contribution in [0.5, 0.6) is 5.88 Å². The summed E-state index contributed by atoms with van der Waals surface area (Å²) in [6, 6.07) is 5.02. The molecular formula is C14H16N4O2. The molecule has 0 radical (unpaired) electrons. The number of urea groups is 1. The lowest BCUT2D eigenvalue weighted by molar-refractivity contribution is 0.251. The number of pyridine rings is 2. The number of aryl methyl sites for hydroxylation is 1. The van der Waals surface area contributed by atoms with E-state index in [0.29, 0.717) is 18.1 Å². The molecule has 2 N–H and O–H groups in total. The van der Waals surface area contributed by atoms with Gasteiger partial charge in [-0.15, -0.1) is 0 Å². The molecule has 0 bridgehead atoms. The monoisotopic (exact) mass is 272 g/mol. The summed E-state index contributed by atoms with van der Waals surface area (Å²) in [6.45, 7) is 2.38. The van der Waals surface area contributed by atoms with Gasteiger partial charge in [-0.25, -0.2) is 9.78 Å². The molecular weight excluding hydrogens is 256 g/mol. The fourth-order valence-corrected chi connectivity index (χ4v) is 1.69. The molecule has 2 rings (SSSR count). The van der Waals surface area contributed by atoms with Gasteiger partial charge >= 0.3 is 6.03 Å². The maximum absolute atomic E-state index is 11.8. The van der Waals surface area contributed by atoms with Crippen molar-refractivity contribution in [2.45, 2.75) is 13.5 Å². The van der Waals surface area contributed by atoms with Gasteiger partial charge in [0.15, 0.2) is 0 Å². The molecule has 0 saturated heterocycles. The third kappa shape index (κ3) is 3.44. The van der Waals surface area contributed by atoms with Crippen LogP contribution in [0.3, 0.4) is 0 Å². The summed E-state index contributed by atoms with van der Waals surface area (Å²) in [6.07, 6.45) is 5.06. The molecule has 0 atom stereocenters. The maximum atomic E-state index is 11.8. The van der Waals surface area contributed by atoms with Crippen LogP contribution in [0.25, 0.3) is 0 Å². The second-order valence-corrected chi connectivity index (χ2v) is 4.17. The Labute approximate surface area is 117 Å².